The monoisotopic (exact) mass is 345 g/mol. The van der Waals surface area contributed by atoms with Crippen LogP contribution in [0.2, 0.25) is 0 Å². The van der Waals surface area contributed by atoms with Gasteiger partial charge in [0.2, 0.25) is 5.91 Å². The third-order valence-corrected chi connectivity index (χ3v) is 4.05. The van der Waals surface area contributed by atoms with Crippen molar-refractivity contribution in [1.29, 1.82) is 0 Å². The zero-order valence-corrected chi connectivity index (χ0v) is 15.1. The van der Waals surface area contributed by atoms with Crippen molar-refractivity contribution < 1.29 is 14.3 Å². The van der Waals surface area contributed by atoms with Crippen LogP contribution in [0.25, 0.3) is 11.0 Å². The Bertz CT molecular complexity index is 709. The average molecular weight is 345 g/mol. The zero-order chi connectivity index (χ0) is 18.1. The van der Waals surface area contributed by atoms with Crippen LogP contribution in [0.4, 0.5) is 0 Å². The Labute approximate surface area is 148 Å². The Kier molecular flexibility index (Phi) is 7.44. The number of nitrogens with zero attached hydrogens (tertiary/aromatic N) is 2. The van der Waals surface area contributed by atoms with E-state index in [1.54, 1.807) is 0 Å². The van der Waals surface area contributed by atoms with Crippen LogP contribution in [-0.2, 0) is 27.3 Å². The van der Waals surface area contributed by atoms with E-state index < -0.39 is 0 Å². The fourth-order valence-electron chi connectivity index (χ4n) is 2.77. The number of carbonyl (C=O) groups is 2. The fraction of sp³-hybridized carbons (Fsp3) is 0.526. The van der Waals surface area contributed by atoms with Gasteiger partial charge in [0.15, 0.2) is 0 Å². The maximum Gasteiger partial charge on any atom is 0.326 e. The minimum absolute atomic E-state index is 0.0937. The van der Waals surface area contributed by atoms with E-state index in [4.69, 9.17) is 4.74 Å². The normalized spacial score (nSPS) is 10.8. The van der Waals surface area contributed by atoms with Crippen LogP contribution in [0, 0.1) is 0 Å². The van der Waals surface area contributed by atoms with Gasteiger partial charge in [-0.15, -0.1) is 0 Å². The predicted octanol–water partition coefficient (Wildman–Crippen LogP) is 2.84. The van der Waals surface area contributed by atoms with E-state index >= 15 is 0 Å². The highest BCUT2D eigenvalue weighted by atomic mass is 16.5. The van der Waals surface area contributed by atoms with E-state index in [9.17, 15) is 9.59 Å². The van der Waals surface area contributed by atoms with E-state index in [1.165, 1.54) is 0 Å². The molecule has 0 fully saturated rings. The molecule has 1 heterocycles. The Balaban J connectivity index is 1.95. The summed E-state index contributed by atoms with van der Waals surface area (Å²) >= 11 is 0. The van der Waals surface area contributed by atoms with Gasteiger partial charge in [-0.25, -0.2) is 4.98 Å². The summed E-state index contributed by atoms with van der Waals surface area (Å²) in [6, 6.07) is 7.84. The molecule has 0 bridgehead atoms. The molecular formula is C19H27N3O3. The third kappa shape index (κ3) is 5.59. The first-order valence-electron chi connectivity index (χ1n) is 9.02. The first kappa shape index (κ1) is 19.0. The molecule has 0 aliphatic carbocycles. The molecule has 0 atom stereocenters. The van der Waals surface area contributed by atoms with Crippen molar-refractivity contribution in [2.24, 2.45) is 0 Å². The molecule has 0 saturated carbocycles. The Morgan fingerprint density at radius 3 is 2.72 bits per heavy atom. The molecule has 2 aromatic rings. The van der Waals surface area contributed by atoms with Crippen LogP contribution in [-0.4, -0.2) is 34.6 Å². The molecule has 2 rings (SSSR count). The van der Waals surface area contributed by atoms with Crippen molar-refractivity contribution in [1.82, 2.24) is 14.9 Å². The summed E-state index contributed by atoms with van der Waals surface area (Å²) in [5.74, 6) is 0.761. The van der Waals surface area contributed by atoms with E-state index in [-0.39, 0.29) is 18.4 Å². The maximum absolute atomic E-state index is 11.9. The molecular weight excluding hydrogens is 318 g/mol. The highest BCUT2D eigenvalue weighted by molar-refractivity contribution is 5.79. The van der Waals surface area contributed by atoms with Crippen molar-refractivity contribution in [3.05, 3.63) is 30.1 Å². The number of hydrogen-bond donors (Lipinski definition) is 1. The molecule has 1 aromatic heterocycles. The van der Waals surface area contributed by atoms with Crippen molar-refractivity contribution in [3.8, 4) is 0 Å². The summed E-state index contributed by atoms with van der Waals surface area (Å²) in [6.45, 7) is 4.94. The smallest absolute Gasteiger partial charge is 0.326 e. The standard InChI is InChI=1S/C19H27N3O3/c1-3-18(23)20-13-9-5-6-12-17-21-15-10-7-8-11-16(15)22(17)14-19(24)25-4-2/h7-8,10-11H,3-6,9,12-14H2,1-2H3,(H,20,23). The van der Waals surface area contributed by atoms with Gasteiger partial charge in [0.25, 0.3) is 0 Å². The number of ether oxygens (including phenoxy) is 1. The lowest BCUT2D eigenvalue weighted by Gasteiger charge is -2.09. The fourth-order valence-corrected chi connectivity index (χ4v) is 2.77. The Morgan fingerprint density at radius 1 is 1.16 bits per heavy atom. The largest absolute Gasteiger partial charge is 0.465 e. The molecule has 1 aromatic carbocycles. The van der Waals surface area contributed by atoms with Gasteiger partial charge >= 0.3 is 5.97 Å². The molecule has 0 aliphatic rings. The second-order valence-electron chi connectivity index (χ2n) is 5.92. The van der Waals surface area contributed by atoms with Crippen molar-refractivity contribution >= 4 is 22.9 Å². The quantitative estimate of drug-likeness (QED) is 0.531. The van der Waals surface area contributed by atoms with Gasteiger partial charge in [-0.1, -0.05) is 25.5 Å². The minimum atomic E-state index is -0.241. The first-order chi connectivity index (χ1) is 12.2. The summed E-state index contributed by atoms with van der Waals surface area (Å²) in [7, 11) is 0. The average Bonchev–Trinajstić information content (AvgIpc) is 2.95. The van der Waals surface area contributed by atoms with Crippen LogP contribution in [0.3, 0.4) is 0 Å². The van der Waals surface area contributed by atoms with Gasteiger partial charge in [0, 0.05) is 19.4 Å². The molecule has 0 radical (unpaired) electrons. The van der Waals surface area contributed by atoms with Gasteiger partial charge < -0.3 is 14.6 Å². The Morgan fingerprint density at radius 2 is 1.96 bits per heavy atom. The molecule has 0 aliphatic heterocycles. The van der Waals surface area contributed by atoms with Crippen LogP contribution in [0.5, 0.6) is 0 Å². The number of rotatable bonds is 10. The van der Waals surface area contributed by atoms with Gasteiger partial charge in [0.1, 0.15) is 12.4 Å². The first-order valence-corrected chi connectivity index (χ1v) is 9.02. The second-order valence-corrected chi connectivity index (χ2v) is 5.92. The van der Waals surface area contributed by atoms with E-state index in [0.717, 1.165) is 42.5 Å². The van der Waals surface area contributed by atoms with Crippen LogP contribution >= 0.6 is 0 Å². The summed E-state index contributed by atoms with van der Waals surface area (Å²) in [5, 5.41) is 2.88. The predicted molar refractivity (Wildman–Crippen MR) is 97.2 cm³/mol. The number of aryl methyl sites for hydroxylation is 1. The van der Waals surface area contributed by atoms with Gasteiger partial charge in [-0.05, 0) is 31.9 Å². The van der Waals surface area contributed by atoms with Crippen LogP contribution in [0.15, 0.2) is 24.3 Å². The maximum atomic E-state index is 11.9. The molecule has 6 heteroatoms. The SMILES string of the molecule is CCOC(=O)Cn1c(CCCCCNC(=O)CC)nc2ccccc21. The van der Waals surface area contributed by atoms with E-state index in [2.05, 4.69) is 10.3 Å². The number of benzene rings is 1. The summed E-state index contributed by atoms with van der Waals surface area (Å²) in [5.41, 5.74) is 1.86. The number of imidazole rings is 1. The minimum Gasteiger partial charge on any atom is -0.465 e. The molecule has 1 N–H and O–H groups in total. The highest BCUT2D eigenvalue weighted by Gasteiger charge is 2.13. The molecule has 25 heavy (non-hydrogen) atoms. The third-order valence-electron chi connectivity index (χ3n) is 4.05. The summed E-state index contributed by atoms with van der Waals surface area (Å²) in [6.07, 6.45) is 4.25. The van der Waals surface area contributed by atoms with Crippen LogP contribution < -0.4 is 5.32 Å². The van der Waals surface area contributed by atoms with Crippen molar-refractivity contribution in [2.75, 3.05) is 13.2 Å². The molecule has 6 nitrogen and oxygen atoms in total. The van der Waals surface area contributed by atoms with Crippen molar-refractivity contribution in [3.63, 3.8) is 0 Å². The number of aromatic nitrogens is 2. The van der Waals surface area contributed by atoms with E-state index in [1.807, 2.05) is 42.7 Å². The number of esters is 1. The molecule has 0 saturated heterocycles. The number of nitrogens with one attached hydrogen (secondary N) is 1. The summed E-state index contributed by atoms with van der Waals surface area (Å²) in [4.78, 5) is 27.8. The number of para-hydroxylation sites is 2. The molecule has 0 spiro atoms. The van der Waals surface area contributed by atoms with Crippen molar-refractivity contribution in [2.45, 2.75) is 52.5 Å². The summed E-state index contributed by atoms with van der Waals surface area (Å²) < 4.78 is 7.03. The molecule has 136 valence electrons. The lowest BCUT2D eigenvalue weighted by atomic mass is 10.2. The topological polar surface area (TPSA) is 73.2 Å². The molecule has 0 unspecified atom stereocenters. The van der Waals surface area contributed by atoms with Gasteiger partial charge in [0.05, 0.1) is 17.6 Å². The lowest BCUT2D eigenvalue weighted by Crippen LogP contribution is -2.23. The van der Waals surface area contributed by atoms with Gasteiger partial charge in [-0.2, -0.15) is 0 Å². The number of hydrogen-bond acceptors (Lipinski definition) is 4. The van der Waals surface area contributed by atoms with E-state index in [0.29, 0.717) is 19.6 Å². The highest BCUT2D eigenvalue weighted by Crippen LogP contribution is 2.18. The second kappa shape index (κ2) is 9.81. The van der Waals surface area contributed by atoms with Crippen LogP contribution in [0.1, 0.15) is 45.4 Å². The zero-order valence-electron chi connectivity index (χ0n) is 15.1. The molecule has 1 amide bonds. The number of carbonyl (C=O) groups excluding carboxylic acids is 2. The lowest BCUT2D eigenvalue weighted by molar-refractivity contribution is -0.143. The number of fused-ring (bicyclic) bond motifs is 1. The Hall–Kier alpha value is -2.37. The van der Waals surface area contributed by atoms with Gasteiger partial charge in [-0.3, -0.25) is 9.59 Å². The number of unbranched alkanes of at least 4 members (excludes halogenated alkanes) is 2. The number of amides is 1.